The predicted molar refractivity (Wildman–Crippen MR) is 88.1 cm³/mol. The molecule has 3 N–H and O–H groups in total. The monoisotopic (exact) mass is 351 g/mol. The highest BCUT2D eigenvalue weighted by Gasteiger charge is 2.52. The maximum atomic E-state index is 12.6. The standard InChI is InChI=1S/C16H18ClN3O4/c1-9-2-4-16(5-3-9)14(23)20(15(24)19-16)18-8-10-6-11(17)13(22)12(21)7-10/h6-9,21-22H,2-5H2,1H3,(H,19,24)/b18-8+. The highest BCUT2D eigenvalue weighted by molar-refractivity contribution is 6.32. The molecule has 0 radical (unpaired) electrons. The summed E-state index contributed by atoms with van der Waals surface area (Å²) in [4.78, 5) is 24.7. The zero-order valence-corrected chi connectivity index (χ0v) is 13.9. The van der Waals surface area contributed by atoms with Crippen molar-refractivity contribution < 1.29 is 19.8 Å². The zero-order valence-electron chi connectivity index (χ0n) is 13.1. The van der Waals surface area contributed by atoms with Crippen LogP contribution in [0.3, 0.4) is 0 Å². The van der Waals surface area contributed by atoms with E-state index in [9.17, 15) is 19.8 Å². The van der Waals surface area contributed by atoms with E-state index in [2.05, 4.69) is 17.3 Å². The SMILES string of the molecule is CC1CCC2(CC1)NC(=O)N(/N=C/c1cc(O)c(O)c(Cl)c1)C2=O. The summed E-state index contributed by atoms with van der Waals surface area (Å²) in [5.74, 6) is -0.650. The van der Waals surface area contributed by atoms with Crippen molar-refractivity contribution in [1.82, 2.24) is 10.3 Å². The lowest BCUT2D eigenvalue weighted by Gasteiger charge is -2.33. The van der Waals surface area contributed by atoms with Crippen LogP contribution in [0.4, 0.5) is 4.79 Å². The molecule has 1 spiro atoms. The summed E-state index contributed by atoms with van der Waals surface area (Å²) in [5.41, 5.74) is -0.496. The smallest absolute Gasteiger partial charge is 0.346 e. The van der Waals surface area contributed by atoms with Crippen molar-refractivity contribution >= 4 is 29.8 Å². The molecular weight excluding hydrogens is 334 g/mol. The fourth-order valence-corrected chi connectivity index (χ4v) is 3.33. The third kappa shape index (κ3) is 2.80. The Kier molecular flexibility index (Phi) is 4.13. The highest BCUT2D eigenvalue weighted by Crippen LogP contribution is 2.37. The van der Waals surface area contributed by atoms with Gasteiger partial charge in [0.1, 0.15) is 5.54 Å². The number of carbonyl (C=O) groups excluding carboxylic acids is 2. The summed E-state index contributed by atoms with van der Waals surface area (Å²) < 4.78 is 0. The van der Waals surface area contributed by atoms with Crippen molar-refractivity contribution in [3.63, 3.8) is 0 Å². The lowest BCUT2D eigenvalue weighted by Crippen LogP contribution is -2.49. The normalized spacial score (nSPS) is 27.2. The second-order valence-electron chi connectivity index (χ2n) is 6.43. The molecule has 1 aromatic rings. The van der Waals surface area contributed by atoms with Gasteiger partial charge >= 0.3 is 6.03 Å². The van der Waals surface area contributed by atoms with E-state index in [0.717, 1.165) is 17.9 Å². The quantitative estimate of drug-likeness (QED) is 0.433. The molecule has 0 unspecified atom stereocenters. The number of phenols is 2. The summed E-state index contributed by atoms with van der Waals surface area (Å²) >= 11 is 5.77. The molecule has 2 fully saturated rings. The van der Waals surface area contributed by atoms with Crippen LogP contribution in [0.25, 0.3) is 0 Å². The summed E-state index contributed by atoms with van der Waals surface area (Å²) in [6.45, 7) is 2.13. The van der Waals surface area contributed by atoms with Crippen LogP contribution in [0.15, 0.2) is 17.2 Å². The number of halogens is 1. The second kappa shape index (κ2) is 5.98. The fourth-order valence-electron chi connectivity index (χ4n) is 3.11. The van der Waals surface area contributed by atoms with Gasteiger partial charge in [0.05, 0.1) is 11.2 Å². The number of hydrogen-bond acceptors (Lipinski definition) is 5. The first kappa shape index (κ1) is 16.6. The third-order valence-electron chi connectivity index (χ3n) is 4.66. The summed E-state index contributed by atoms with van der Waals surface area (Å²) in [5, 5.41) is 26.4. The lowest BCUT2D eigenvalue weighted by molar-refractivity contribution is -0.132. The largest absolute Gasteiger partial charge is 0.504 e. The molecule has 2 aliphatic rings. The van der Waals surface area contributed by atoms with Gasteiger partial charge in [0, 0.05) is 0 Å². The van der Waals surface area contributed by atoms with Gasteiger partial charge in [0.25, 0.3) is 5.91 Å². The molecule has 1 aromatic carbocycles. The number of rotatable bonds is 2. The highest BCUT2D eigenvalue weighted by atomic mass is 35.5. The minimum absolute atomic E-state index is 0.0496. The fraction of sp³-hybridized carbons (Fsp3) is 0.438. The molecule has 128 valence electrons. The Morgan fingerprint density at radius 1 is 1.33 bits per heavy atom. The van der Waals surface area contributed by atoms with E-state index in [1.54, 1.807) is 0 Å². The molecule has 0 bridgehead atoms. The van der Waals surface area contributed by atoms with Crippen molar-refractivity contribution in [2.45, 2.75) is 38.1 Å². The van der Waals surface area contributed by atoms with Crippen LogP contribution >= 0.6 is 11.6 Å². The summed E-state index contributed by atoms with van der Waals surface area (Å²) in [7, 11) is 0. The summed E-state index contributed by atoms with van der Waals surface area (Å²) in [6.07, 6.45) is 4.22. The number of hydrazone groups is 1. The molecule has 1 aliphatic carbocycles. The van der Waals surface area contributed by atoms with Crippen molar-refractivity contribution in [1.29, 1.82) is 0 Å². The van der Waals surface area contributed by atoms with Crippen LogP contribution in [0.5, 0.6) is 11.5 Å². The van der Waals surface area contributed by atoms with Gasteiger partial charge < -0.3 is 15.5 Å². The van der Waals surface area contributed by atoms with Gasteiger partial charge in [-0.1, -0.05) is 18.5 Å². The van der Waals surface area contributed by atoms with E-state index < -0.39 is 23.1 Å². The van der Waals surface area contributed by atoms with Crippen molar-refractivity contribution in [2.24, 2.45) is 11.0 Å². The number of phenolic OH excluding ortho intramolecular Hbond substituents is 2. The maximum absolute atomic E-state index is 12.6. The molecule has 8 heteroatoms. The maximum Gasteiger partial charge on any atom is 0.346 e. The minimum atomic E-state index is -0.852. The Morgan fingerprint density at radius 3 is 2.62 bits per heavy atom. The molecule has 0 aromatic heterocycles. The lowest BCUT2D eigenvalue weighted by atomic mass is 9.77. The molecule has 24 heavy (non-hydrogen) atoms. The van der Waals surface area contributed by atoms with Gasteiger partial charge in [0.15, 0.2) is 11.5 Å². The molecule has 1 aliphatic heterocycles. The van der Waals surface area contributed by atoms with Gasteiger partial charge in [0.2, 0.25) is 0 Å². The van der Waals surface area contributed by atoms with Gasteiger partial charge in [-0.05, 0) is 49.3 Å². The van der Waals surface area contributed by atoms with Crippen molar-refractivity contribution in [3.05, 3.63) is 22.7 Å². The van der Waals surface area contributed by atoms with Gasteiger partial charge in [-0.2, -0.15) is 5.10 Å². The Hall–Kier alpha value is -2.28. The van der Waals surface area contributed by atoms with Crippen molar-refractivity contribution in [2.75, 3.05) is 0 Å². The molecule has 1 heterocycles. The van der Waals surface area contributed by atoms with Crippen LogP contribution in [-0.4, -0.2) is 38.9 Å². The van der Waals surface area contributed by atoms with Gasteiger partial charge in [-0.3, -0.25) is 4.79 Å². The van der Waals surface area contributed by atoms with Crippen molar-refractivity contribution in [3.8, 4) is 11.5 Å². The average molecular weight is 352 g/mol. The van der Waals surface area contributed by atoms with Gasteiger partial charge in [-0.25, -0.2) is 4.79 Å². The van der Waals surface area contributed by atoms with E-state index >= 15 is 0 Å². The Balaban J connectivity index is 1.80. The average Bonchev–Trinajstić information content (AvgIpc) is 2.77. The number of benzene rings is 1. The number of hydrogen-bond donors (Lipinski definition) is 3. The number of aromatic hydroxyl groups is 2. The Bertz CT molecular complexity index is 703. The van der Waals surface area contributed by atoms with E-state index in [1.807, 2.05) is 0 Å². The summed E-state index contributed by atoms with van der Waals surface area (Å²) in [6, 6.07) is 2.05. The van der Waals surface area contributed by atoms with E-state index in [-0.39, 0.29) is 10.9 Å². The molecule has 3 amide bonds. The van der Waals surface area contributed by atoms with E-state index in [4.69, 9.17) is 11.6 Å². The Morgan fingerprint density at radius 2 is 2.00 bits per heavy atom. The van der Waals surface area contributed by atoms with Crippen LogP contribution in [0, 0.1) is 5.92 Å². The first-order chi connectivity index (χ1) is 11.3. The first-order valence-electron chi connectivity index (χ1n) is 7.74. The number of amides is 3. The predicted octanol–water partition coefficient (Wildman–Crippen LogP) is 2.59. The minimum Gasteiger partial charge on any atom is -0.504 e. The number of carbonyl (C=O) groups is 2. The second-order valence-corrected chi connectivity index (χ2v) is 6.83. The van der Waals surface area contributed by atoms with Gasteiger partial charge in [-0.15, -0.1) is 5.01 Å². The number of urea groups is 1. The third-order valence-corrected chi connectivity index (χ3v) is 4.94. The zero-order chi connectivity index (χ0) is 17.5. The van der Waals surface area contributed by atoms with Crippen LogP contribution in [0.2, 0.25) is 5.02 Å². The van der Waals surface area contributed by atoms with Crippen LogP contribution in [0.1, 0.15) is 38.2 Å². The molecular formula is C16H18ClN3O4. The number of nitrogens with one attached hydrogen (secondary N) is 1. The molecule has 0 atom stereocenters. The molecule has 1 saturated heterocycles. The first-order valence-corrected chi connectivity index (χ1v) is 8.12. The van der Waals surface area contributed by atoms with Crippen LogP contribution < -0.4 is 5.32 Å². The van der Waals surface area contributed by atoms with E-state index in [1.165, 1.54) is 18.3 Å². The van der Waals surface area contributed by atoms with Crippen LogP contribution in [-0.2, 0) is 4.79 Å². The molecule has 7 nitrogen and oxygen atoms in total. The number of imide groups is 1. The molecule has 3 rings (SSSR count). The number of nitrogens with zero attached hydrogens (tertiary/aromatic N) is 2. The molecule has 1 saturated carbocycles. The topological polar surface area (TPSA) is 102 Å². The Labute approximate surface area is 143 Å². The van der Waals surface area contributed by atoms with E-state index in [0.29, 0.717) is 24.3 Å².